The lowest BCUT2D eigenvalue weighted by Gasteiger charge is -2.22. The van der Waals surface area contributed by atoms with Crippen LogP contribution in [-0.4, -0.2) is 44.0 Å². The Labute approximate surface area is 175 Å². The van der Waals surface area contributed by atoms with E-state index in [2.05, 4.69) is 34.0 Å². The number of allylic oxidation sites excluding steroid dienone is 1. The van der Waals surface area contributed by atoms with Gasteiger partial charge in [-0.2, -0.15) is 0 Å². The van der Waals surface area contributed by atoms with Crippen molar-refractivity contribution in [2.75, 3.05) is 27.2 Å². The third-order valence-corrected chi connectivity index (χ3v) is 3.96. The Hall–Kier alpha value is -1.57. The van der Waals surface area contributed by atoms with Crippen LogP contribution in [-0.2, 0) is 6.54 Å². The summed E-state index contributed by atoms with van der Waals surface area (Å²) in [5, 5.41) is 6.28. The molecule has 0 saturated carbocycles. The van der Waals surface area contributed by atoms with Crippen LogP contribution in [0.2, 0.25) is 0 Å². The maximum atomic E-state index is 12.0. The first-order chi connectivity index (χ1) is 12.1. The molecule has 0 fully saturated rings. The number of halogens is 1. The van der Waals surface area contributed by atoms with Crippen LogP contribution in [0, 0.1) is 0 Å². The van der Waals surface area contributed by atoms with E-state index in [9.17, 15) is 4.79 Å². The molecule has 1 rings (SSSR count). The highest BCUT2D eigenvalue weighted by molar-refractivity contribution is 14.0. The first kappa shape index (κ1) is 24.4. The summed E-state index contributed by atoms with van der Waals surface area (Å²) in [6.45, 7) is 8.19. The van der Waals surface area contributed by atoms with E-state index in [1.807, 2.05) is 37.4 Å². The number of unbranched alkanes of at least 4 members (excludes halogenated alkanes) is 2. The summed E-state index contributed by atoms with van der Waals surface area (Å²) in [5.74, 6) is 0.858. The van der Waals surface area contributed by atoms with Crippen molar-refractivity contribution < 1.29 is 4.79 Å². The monoisotopic (exact) mass is 472 g/mol. The highest BCUT2D eigenvalue weighted by atomic mass is 127. The summed E-state index contributed by atoms with van der Waals surface area (Å²) in [5.41, 5.74) is 1.82. The van der Waals surface area contributed by atoms with Gasteiger partial charge in [-0.05, 0) is 37.0 Å². The number of amides is 1. The van der Waals surface area contributed by atoms with E-state index in [-0.39, 0.29) is 29.9 Å². The van der Waals surface area contributed by atoms with Gasteiger partial charge in [0.15, 0.2) is 5.96 Å². The van der Waals surface area contributed by atoms with Gasteiger partial charge < -0.3 is 15.5 Å². The molecule has 26 heavy (non-hydrogen) atoms. The van der Waals surface area contributed by atoms with Crippen molar-refractivity contribution in [2.45, 2.75) is 39.2 Å². The molecule has 0 heterocycles. The molecule has 0 aliphatic carbocycles. The van der Waals surface area contributed by atoms with Gasteiger partial charge in [-0.3, -0.25) is 9.79 Å². The number of hydrogen-bond acceptors (Lipinski definition) is 2. The number of aliphatic imine (C=N–C) groups is 1. The fourth-order valence-electron chi connectivity index (χ4n) is 2.40. The average molecular weight is 472 g/mol. The number of carbonyl (C=O) groups excluding carboxylic acids is 1. The summed E-state index contributed by atoms with van der Waals surface area (Å²) >= 11 is 0. The van der Waals surface area contributed by atoms with Crippen molar-refractivity contribution in [1.29, 1.82) is 0 Å². The van der Waals surface area contributed by atoms with Crippen LogP contribution in [0.15, 0.2) is 41.9 Å². The zero-order chi connectivity index (χ0) is 18.5. The molecule has 146 valence electrons. The number of hydrogen-bond donors (Lipinski definition) is 2. The van der Waals surface area contributed by atoms with Crippen molar-refractivity contribution in [2.24, 2.45) is 4.99 Å². The molecule has 0 radical (unpaired) electrons. The SMILES string of the molecule is C=CCCCN(C)C(=NC)NCc1ccc(C(=O)NCCCC)cc1.I. The van der Waals surface area contributed by atoms with Gasteiger partial charge in [0.05, 0.1) is 0 Å². The van der Waals surface area contributed by atoms with Crippen molar-refractivity contribution in [3.8, 4) is 0 Å². The van der Waals surface area contributed by atoms with Gasteiger partial charge in [-0.25, -0.2) is 0 Å². The molecule has 0 unspecified atom stereocenters. The standard InChI is InChI=1S/C20H32N4O.HI/c1-5-7-9-15-24(4)20(21-3)23-16-17-10-12-18(13-11-17)19(25)22-14-8-6-2;/h5,10-13H,1,6-9,14-16H2,2-4H3,(H,21,23)(H,22,25);1H. The maximum Gasteiger partial charge on any atom is 0.251 e. The Morgan fingerprint density at radius 1 is 1.23 bits per heavy atom. The van der Waals surface area contributed by atoms with Crippen LogP contribution in [0.25, 0.3) is 0 Å². The molecule has 5 nitrogen and oxygen atoms in total. The minimum Gasteiger partial charge on any atom is -0.352 e. The Bertz CT molecular complexity index is 557. The summed E-state index contributed by atoms with van der Waals surface area (Å²) in [6.07, 6.45) is 6.08. The largest absolute Gasteiger partial charge is 0.352 e. The first-order valence-electron chi connectivity index (χ1n) is 9.02. The Balaban J connectivity index is 0.00000625. The molecule has 0 aliphatic heterocycles. The predicted molar refractivity (Wildman–Crippen MR) is 121 cm³/mol. The molecule has 0 aromatic heterocycles. The van der Waals surface area contributed by atoms with Gasteiger partial charge in [0.2, 0.25) is 0 Å². The fraction of sp³-hybridized carbons (Fsp3) is 0.500. The van der Waals surface area contributed by atoms with E-state index in [1.54, 1.807) is 7.05 Å². The molecule has 0 spiro atoms. The Morgan fingerprint density at radius 3 is 2.50 bits per heavy atom. The molecule has 0 bridgehead atoms. The molecule has 6 heteroatoms. The summed E-state index contributed by atoms with van der Waals surface area (Å²) in [7, 11) is 3.82. The van der Waals surface area contributed by atoms with Crippen LogP contribution < -0.4 is 10.6 Å². The van der Waals surface area contributed by atoms with Crippen LogP contribution >= 0.6 is 24.0 Å². The Morgan fingerprint density at radius 2 is 1.92 bits per heavy atom. The minimum absolute atomic E-state index is 0. The second kappa shape index (κ2) is 14.6. The highest BCUT2D eigenvalue weighted by Crippen LogP contribution is 2.05. The lowest BCUT2D eigenvalue weighted by atomic mass is 10.1. The van der Waals surface area contributed by atoms with Crippen LogP contribution in [0.1, 0.15) is 48.5 Å². The average Bonchev–Trinajstić information content (AvgIpc) is 2.63. The van der Waals surface area contributed by atoms with E-state index in [4.69, 9.17) is 0 Å². The topological polar surface area (TPSA) is 56.7 Å². The van der Waals surface area contributed by atoms with E-state index in [1.165, 1.54) is 0 Å². The molecular formula is C20H33IN4O. The van der Waals surface area contributed by atoms with Crippen molar-refractivity contribution in [3.63, 3.8) is 0 Å². The number of nitrogens with zero attached hydrogens (tertiary/aromatic N) is 2. The molecule has 0 atom stereocenters. The number of benzene rings is 1. The quantitative estimate of drug-likeness (QED) is 0.179. The molecule has 0 aliphatic rings. The summed E-state index contributed by atoms with van der Waals surface area (Å²) in [4.78, 5) is 18.4. The van der Waals surface area contributed by atoms with Crippen LogP contribution in [0.4, 0.5) is 0 Å². The van der Waals surface area contributed by atoms with Gasteiger partial charge in [-0.1, -0.05) is 31.6 Å². The van der Waals surface area contributed by atoms with Gasteiger partial charge >= 0.3 is 0 Å². The highest BCUT2D eigenvalue weighted by Gasteiger charge is 2.07. The van der Waals surface area contributed by atoms with E-state index in [0.717, 1.165) is 50.3 Å². The van der Waals surface area contributed by atoms with Crippen molar-refractivity contribution in [3.05, 3.63) is 48.0 Å². The molecule has 0 saturated heterocycles. The summed E-state index contributed by atoms with van der Waals surface area (Å²) < 4.78 is 0. The lowest BCUT2D eigenvalue weighted by molar-refractivity contribution is 0.0953. The second-order valence-corrected chi connectivity index (χ2v) is 6.06. The van der Waals surface area contributed by atoms with Gasteiger partial charge in [-0.15, -0.1) is 30.6 Å². The molecule has 2 N–H and O–H groups in total. The maximum absolute atomic E-state index is 12.0. The predicted octanol–water partition coefficient (Wildman–Crippen LogP) is 3.81. The first-order valence-corrected chi connectivity index (χ1v) is 9.02. The third-order valence-electron chi connectivity index (χ3n) is 3.96. The lowest BCUT2D eigenvalue weighted by Crippen LogP contribution is -2.38. The molecule has 1 aromatic rings. The minimum atomic E-state index is -0.00859. The Kier molecular flexibility index (Phi) is 13.7. The van der Waals surface area contributed by atoms with Crippen molar-refractivity contribution in [1.82, 2.24) is 15.5 Å². The fourth-order valence-corrected chi connectivity index (χ4v) is 2.40. The van der Waals surface area contributed by atoms with Crippen molar-refractivity contribution >= 4 is 35.8 Å². The number of carbonyl (C=O) groups is 1. The molecular weight excluding hydrogens is 439 g/mol. The normalized spacial score (nSPS) is 10.7. The summed E-state index contributed by atoms with van der Waals surface area (Å²) in [6, 6.07) is 7.70. The van der Waals surface area contributed by atoms with Gasteiger partial charge in [0.25, 0.3) is 5.91 Å². The number of rotatable bonds is 10. The zero-order valence-corrected chi connectivity index (χ0v) is 18.6. The smallest absolute Gasteiger partial charge is 0.251 e. The van der Waals surface area contributed by atoms with Crippen LogP contribution in [0.5, 0.6) is 0 Å². The second-order valence-electron chi connectivity index (χ2n) is 6.06. The van der Waals surface area contributed by atoms with E-state index >= 15 is 0 Å². The molecule has 1 amide bonds. The zero-order valence-electron chi connectivity index (χ0n) is 16.3. The molecule has 1 aromatic carbocycles. The number of guanidine groups is 1. The van der Waals surface area contributed by atoms with E-state index in [0.29, 0.717) is 12.1 Å². The third kappa shape index (κ3) is 9.22. The number of nitrogens with one attached hydrogen (secondary N) is 2. The van der Waals surface area contributed by atoms with E-state index < -0.39 is 0 Å². The van der Waals surface area contributed by atoms with Gasteiger partial charge in [0.1, 0.15) is 0 Å². The van der Waals surface area contributed by atoms with Gasteiger partial charge in [0, 0.05) is 39.3 Å². The van der Waals surface area contributed by atoms with Crippen LogP contribution in [0.3, 0.4) is 0 Å².